The standard InChI is InChI=1S/C14H14N2O5S2/c1-10(17)11-2-6-14(7-3-11)23(20,21)16-12-4-8-13(9-5-12)22(15,18)19/h2-9,16H,1H3,(H2,15,18,19). The molecule has 23 heavy (non-hydrogen) atoms. The van der Waals surface area contributed by atoms with E-state index in [0.717, 1.165) is 0 Å². The van der Waals surface area contributed by atoms with E-state index in [-0.39, 0.29) is 21.3 Å². The van der Waals surface area contributed by atoms with Gasteiger partial charge >= 0.3 is 0 Å². The second-order valence-corrected chi connectivity index (χ2v) is 8.00. The summed E-state index contributed by atoms with van der Waals surface area (Å²) in [7, 11) is -7.68. The van der Waals surface area contributed by atoms with Crippen LogP contribution in [0.25, 0.3) is 0 Å². The Hall–Kier alpha value is -2.23. The summed E-state index contributed by atoms with van der Waals surface area (Å²) < 4.78 is 49.1. The summed E-state index contributed by atoms with van der Waals surface area (Å²) >= 11 is 0. The summed E-state index contributed by atoms with van der Waals surface area (Å²) in [5, 5.41) is 4.97. The van der Waals surface area contributed by atoms with Gasteiger partial charge in [0.2, 0.25) is 10.0 Å². The van der Waals surface area contributed by atoms with E-state index in [0.29, 0.717) is 5.56 Å². The van der Waals surface area contributed by atoms with Gasteiger partial charge in [-0.2, -0.15) is 0 Å². The van der Waals surface area contributed by atoms with Crippen LogP contribution < -0.4 is 9.86 Å². The fourth-order valence-electron chi connectivity index (χ4n) is 1.80. The van der Waals surface area contributed by atoms with Crippen LogP contribution in [-0.2, 0) is 20.0 Å². The molecule has 0 aliphatic carbocycles. The number of carbonyl (C=O) groups excluding carboxylic acids is 1. The molecule has 0 aromatic heterocycles. The third-order valence-electron chi connectivity index (χ3n) is 3.01. The monoisotopic (exact) mass is 354 g/mol. The van der Waals surface area contributed by atoms with E-state index >= 15 is 0 Å². The van der Waals surface area contributed by atoms with Crippen molar-refractivity contribution in [1.29, 1.82) is 0 Å². The predicted octanol–water partition coefficient (Wildman–Crippen LogP) is 1.34. The van der Waals surface area contributed by atoms with Gasteiger partial charge in [-0.05, 0) is 43.3 Å². The first-order valence-electron chi connectivity index (χ1n) is 6.36. The van der Waals surface area contributed by atoms with Gasteiger partial charge in [0, 0.05) is 11.3 Å². The van der Waals surface area contributed by atoms with E-state index < -0.39 is 20.0 Å². The number of sulfonamides is 2. The molecule has 0 heterocycles. The summed E-state index contributed by atoms with van der Waals surface area (Å²) in [5.41, 5.74) is 0.592. The number of Topliss-reactive ketones (excluding diaryl/α,β-unsaturated/α-hetero) is 1. The highest BCUT2D eigenvalue weighted by Gasteiger charge is 2.15. The average molecular weight is 354 g/mol. The second kappa shape index (κ2) is 6.11. The Bertz CT molecular complexity index is 932. The van der Waals surface area contributed by atoms with Crippen LogP contribution >= 0.6 is 0 Å². The SMILES string of the molecule is CC(=O)c1ccc(S(=O)(=O)Nc2ccc(S(N)(=O)=O)cc2)cc1. The van der Waals surface area contributed by atoms with Crippen molar-refractivity contribution in [3.63, 3.8) is 0 Å². The molecule has 0 bridgehead atoms. The van der Waals surface area contributed by atoms with Gasteiger partial charge in [0.1, 0.15) is 0 Å². The summed E-state index contributed by atoms with van der Waals surface area (Å²) in [4.78, 5) is 11.1. The van der Waals surface area contributed by atoms with Gasteiger partial charge in [0.25, 0.3) is 10.0 Å². The minimum absolute atomic E-state index is 0.0157. The molecular formula is C14H14N2O5S2. The number of ketones is 1. The number of hydrogen-bond acceptors (Lipinski definition) is 5. The van der Waals surface area contributed by atoms with Crippen molar-refractivity contribution in [2.24, 2.45) is 5.14 Å². The quantitative estimate of drug-likeness (QED) is 0.784. The minimum atomic E-state index is -3.85. The number of rotatable bonds is 5. The lowest BCUT2D eigenvalue weighted by atomic mass is 10.2. The number of primary sulfonamides is 1. The topological polar surface area (TPSA) is 123 Å². The normalized spacial score (nSPS) is 11.9. The molecule has 7 nitrogen and oxygen atoms in total. The highest BCUT2D eigenvalue weighted by atomic mass is 32.2. The first-order chi connectivity index (χ1) is 10.6. The molecule has 0 aliphatic heterocycles. The molecule has 2 rings (SSSR count). The zero-order valence-electron chi connectivity index (χ0n) is 12.1. The van der Waals surface area contributed by atoms with Crippen molar-refractivity contribution >= 4 is 31.5 Å². The lowest BCUT2D eigenvalue weighted by Crippen LogP contribution is -2.14. The molecule has 0 unspecified atom stereocenters. The fourth-order valence-corrected chi connectivity index (χ4v) is 3.37. The molecule has 3 N–H and O–H groups in total. The van der Waals surface area contributed by atoms with Crippen LogP contribution in [0.4, 0.5) is 5.69 Å². The fraction of sp³-hybridized carbons (Fsp3) is 0.0714. The third kappa shape index (κ3) is 4.15. The maximum absolute atomic E-state index is 12.2. The molecule has 0 fully saturated rings. The molecule has 9 heteroatoms. The highest BCUT2D eigenvalue weighted by Crippen LogP contribution is 2.18. The Morgan fingerprint density at radius 1 is 0.870 bits per heavy atom. The van der Waals surface area contributed by atoms with E-state index in [4.69, 9.17) is 5.14 Å². The number of carbonyl (C=O) groups is 1. The molecule has 122 valence electrons. The lowest BCUT2D eigenvalue weighted by Gasteiger charge is -2.09. The third-order valence-corrected chi connectivity index (χ3v) is 5.33. The molecule has 0 saturated heterocycles. The second-order valence-electron chi connectivity index (χ2n) is 4.76. The van der Waals surface area contributed by atoms with Gasteiger partial charge in [-0.25, -0.2) is 22.0 Å². The Balaban J connectivity index is 2.26. The van der Waals surface area contributed by atoms with E-state index in [1.807, 2.05) is 0 Å². The number of hydrogen-bond donors (Lipinski definition) is 2. The molecule has 2 aromatic rings. The zero-order chi connectivity index (χ0) is 17.3. The van der Waals surface area contributed by atoms with Gasteiger partial charge in [0.15, 0.2) is 5.78 Å². The zero-order valence-corrected chi connectivity index (χ0v) is 13.7. The lowest BCUT2D eigenvalue weighted by molar-refractivity contribution is 0.101. The van der Waals surface area contributed by atoms with E-state index in [1.54, 1.807) is 0 Å². The van der Waals surface area contributed by atoms with Gasteiger partial charge in [0.05, 0.1) is 9.79 Å². The molecule has 0 spiro atoms. The van der Waals surface area contributed by atoms with Gasteiger partial charge < -0.3 is 0 Å². The van der Waals surface area contributed by atoms with Crippen molar-refractivity contribution < 1.29 is 21.6 Å². The Kier molecular flexibility index (Phi) is 4.55. The molecule has 0 radical (unpaired) electrons. The first kappa shape index (κ1) is 17.1. The number of anilines is 1. The van der Waals surface area contributed by atoms with Crippen molar-refractivity contribution in [3.05, 3.63) is 54.1 Å². The van der Waals surface area contributed by atoms with Crippen LogP contribution in [0.3, 0.4) is 0 Å². The molecule has 2 aromatic carbocycles. The molecule has 0 aliphatic rings. The Labute approximate surface area is 134 Å². The Morgan fingerprint density at radius 2 is 1.35 bits per heavy atom. The van der Waals surface area contributed by atoms with Crippen molar-refractivity contribution in [2.45, 2.75) is 16.7 Å². The van der Waals surface area contributed by atoms with E-state index in [2.05, 4.69) is 4.72 Å². The van der Waals surface area contributed by atoms with Crippen LogP contribution in [0.15, 0.2) is 58.3 Å². The summed E-state index contributed by atoms with van der Waals surface area (Å²) in [6.45, 7) is 1.38. The van der Waals surface area contributed by atoms with Crippen LogP contribution in [0.2, 0.25) is 0 Å². The molecule has 0 atom stereocenters. The summed E-state index contributed by atoms with van der Waals surface area (Å²) in [5.74, 6) is -0.166. The molecule has 0 amide bonds. The summed E-state index contributed by atoms with van der Waals surface area (Å²) in [6, 6.07) is 10.5. The average Bonchev–Trinajstić information content (AvgIpc) is 2.46. The maximum Gasteiger partial charge on any atom is 0.261 e. The van der Waals surface area contributed by atoms with Crippen LogP contribution in [0.1, 0.15) is 17.3 Å². The van der Waals surface area contributed by atoms with Gasteiger partial charge in [-0.3, -0.25) is 9.52 Å². The van der Waals surface area contributed by atoms with Crippen molar-refractivity contribution in [3.8, 4) is 0 Å². The van der Waals surface area contributed by atoms with E-state index in [9.17, 15) is 21.6 Å². The summed E-state index contributed by atoms with van der Waals surface area (Å²) in [6.07, 6.45) is 0. The Morgan fingerprint density at radius 3 is 1.78 bits per heavy atom. The van der Waals surface area contributed by atoms with E-state index in [1.165, 1.54) is 55.5 Å². The number of nitrogens with one attached hydrogen (secondary N) is 1. The largest absolute Gasteiger partial charge is 0.295 e. The smallest absolute Gasteiger partial charge is 0.261 e. The minimum Gasteiger partial charge on any atom is -0.295 e. The van der Waals surface area contributed by atoms with Gasteiger partial charge in [-0.15, -0.1) is 0 Å². The molecular weight excluding hydrogens is 340 g/mol. The molecule has 0 saturated carbocycles. The highest BCUT2D eigenvalue weighted by molar-refractivity contribution is 7.92. The van der Waals surface area contributed by atoms with Gasteiger partial charge in [-0.1, -0.05) is 12.1 Å². The predicted molar refractivity (Wildman–Crippen MR) is 85.1 cm³/mol. The number of benzene rings is 2. The van der Waals surface area contributed by atoms with Crippen LogP contribution in [0, 0.1) is 0 Å². The number of nitrogens with two attached hydrogens (primary N) is 1. The maximum atomic E-state index is 12.2. The van der Waals surface area contributed by atoms with Crippen LogP contribution in [0.5, 0.6) is 0 Å². The van der Waals surface area contributed by atoms with Crippen molar-refractivity contribution in [1.82, 2.24) is 0 Å². The van der Waals surface area contributed by atoms with Crippen molar-refractivity contribution in [2.75, 3.05) is 4.72 Å². The van der Waals surface area contributed by atoms with Crippen LogP contribution in [-0.4, -0.2) is 22.6 Å². The first-order valence-corrected chi connectivity index (χ1v) is 9.39.